The molecule has 0 aromatic heterocycles. The Bertz CT molecular complexity index is 616. The summed E-state index contributed by atoms with van der Waals surface area (Å²) in [6.07, 6.45) is -4.31. The largest absolute Gasteiger partial charge is 0.491 e. The van der Waals surface area contributed by atoms with E-state index in [0.717, 1.165) is 12.1 Å². The number of carbonyl (C=O) groups is 1. The van der Waals surface area contributed by atoms with Gasteiger partial charge in [0.25, 0.3) is 5.91 Å². The molecule has 1 aliphatic rings. The fourth-order valence-corrected chi connectivity index (χ4v) is 3.07. The number of ether oxygens (including phenoxy) is 2. The van der Waals surface area contributed by atoms with Gasteiger partial charge in [-0.05, 0) is 50.2 Å². The van der Waals surface area contributed by atoms with Gasteiger partial charge in [-0.15, -0.1) is 0 Å². The summed E-state index contributed by atoms with van der Waals surface area (Å²) in [5, 5.41) is 13.3. The number of rotatable bonds is 7. The maximum atomic E-state index is 12.7. The first-order chi connectivity index (χ1) is 12.7. The maximum absolute atomic E-state index is 12.7. The molecule has 1 aromatic rings. The summed E-state index contributed by atoms with van der Waals surface area (Å²) in [7, 11) is 3.08. The van der Waals surface area contributed by atoms with E-state index in [0.29, 0.717) is 25.9 Å². The average molecular weight is 390 g/mol. The number of methoxy groups -OCH3 is 1. The van der Waals surface area contributed by atoms with Crippen LogP contribution in [0.15, 0.2) is 24.3 Å². The molecular formula is C18H25F3N2O4. The molecule has 1 amide bonds. The second-order valence-electron chi connectivity index (χ2n) is 6.62. The maximum Gasteiger partial charge on any atom is 0.416 e. The predicted molar refractivity (Wildman–Crippen MR) is 92.4 cm³/mol. The van der Waals surface area contributed by atoms with Gasteiger partial charge in [0.05, 0.1) is 5.56 Å². The molecule has 152 valence electrons. The van der Waals surface area contributed by atoms with Gasteiger partial charge < -0.3 is 24.8 Å². The summed E-state index contributed by atoms with van der Waals surface area (Å²) in [4.78, 5) is 14.1. The Kier molecular flexibility index (Phi) is 7.07. The number of amides is 1. The Morgan fingerprint density at radius 2 is 1.89 bits per heavy atom. The molecule has 1 saturated heterocycles. The zero-order chi connectivity index (χ0) is 20.1. The summed E-state index contributed by atoms with van der Waals surface area (Å²) in [6, 6.07) is 4.21. The minimum absolute atomic E-state index is 0.0258. The van der Waals surface area contributed by atoms with E-state index >= 15 is 0 Å². The highest BCUT2D eigenvalue weighted by Crippen LogP contribution is 2.30. The summed E-state index contributed by atoms with van der Waals surface area (Å²) in [6.45, 7) is 1.22. The van der Waals surface area contributed by atoms with Gasteiger partial charge in [-0.1, -0.05) is 0 Å². The highest BCUT2D eigenvalue weighted by Gasteiger charge is 2.41. The van der Waals surface area contributed by atoms with Crippen LogP contribution in [-0.4, -0.2) is 68.0 Å². The number of alkyl halides is 3. The second-order valence-corrected chi connectivity index (χ2v) is 6.62. The van der Waals surface area contributed by atoms with Gasteiger partial charge in [0, 0.05) is 20.7 Å². The Balaban J connectivity index is 1.85. The standard InChI is InChI=1S/C18H25F3N2O4/c1-23(16(25)17(26-2)7-9-22-10-8-17)11-14(24)12-27-15-5-3-13(4-6-15)18(19,20)21/h3-6,14,22,24H,7-12H2,1-2H3/t14-/m1/s1. The fraction of sp³-hybridized carbons (Fsp3) is 0.611. The lowest BCUT2D eigenvalue weighted by Gasteiger charge is -2.38. The molecule has 1 fully saturated rings. The third-order valence-electron chi connectivity index (χ3n) is 4.65. The van der Waals surface area contributed by atoms with Crippen LogP contribution in [-0.2, 0) is 15.7 Å². The molecule has 0 unspecified atom stereocenters. The van der Waals surface area contributed by atoms with E-state index in [2.05, 4.69) is 5.32 Å². The highest BCUT2D eigenvalue weighted by molar-refractivity contribution is 5.85. The van der Waals surface area contributed by atoms with Crippen molar-refractivity contribution in [3.63, 3.8) is 0 Å². The minimum atomic E-state index is -4.41. The molecule has 0 radical (unpaired) electrons. The third-order valence-corrected chi connectivity index (χ3v) is 4.65. The van der Waals surface area contributed by atoms with Crippen molar-refractivity contribution >= 4 is 5.91 Å². The van der Waals surface area contributed by atoms with E-state index < -0.39 is 23.4 Å². The number of carbonyl (C=O) groups excluding carboxylic acids is 1. The summed E-state index contributed by atoms with van der Waals surface area (Å²) in [5.74, 6) is 0.00262. The summed E-state index contributed by atoms with van der Waals surface area (Å²) in [5.41, 5.74) is -1.67. The van der Waals surface area contributed by atoms with E-state index in [-0.39, 0.29) is 24.8 Å². The number of hydrogen-bond acceptors (Lipinski definition) is 5. The lowest BCUT2D eigenvalue weighted by atomic mass is 9.90. The van der Waals surface area contributed by atoms with Crippen LogP contribution in [0.5, 0.6) is 5.75 Å². The van der Waals surface area contributed by atoms with Crippen LogP contribution in [0.25, 0.3) is 0 Å². The number of aliphatic hydroxyl groups excluding tert-OH is 1. The first-order valence-electron chi connectivity index (χ1n) is 8.67. The van der Waals surface area contributed by atoms with Crippen LogP contribution in [0.4, 0.5) is 13.2 Å². The minimum Gasteiger partial charge on any atom is -0.491 e. The van der Waals surface area contributed by atoms with E-state index in [9.17, 15) is 23.1 Å². The number of nitrogens with one attached hydrogen (secondary N) is 1. The van der Waals surface area contributed by atoms with Crippen molar-refractivity contribution in [3.05, 3.63) is 29.8 Å². The zero-order valence-corrected chi connectivity index (χ0v) is 15.4. The molecule has 1 atom stereocenters. The van der Waals surface area contributed by atoms with E-state index in [1.807, 2.05) is 0 Å². The molecule has 6 nitrogen and oxygen atoms in total. The monoisotopic (exact) mass is 390 g/mol. The molecule has 2 N–H and O–H groups in total. The number of aliphatic hydroxyl groups is 1. The Morgan fingerprint density at radius 3 is 2.41 bits per heavy atom. The Hall–Kier alpha value is -1.84. The Morgan fingerprint density at radius 1 is 1.30 bits per heavy atom. The van der Waals surface area contributed by atoms with Crippen molar-refractivity contribution in [2.45, 2.75) is 30.7 Å². The molecule has 0 aliphatic carbocycles. The van der Waals surface area contributed by atoms with Gasteiger partial charge in [0.1, 0.15) is 24.1 Å². The van der Waals surface area contributed by atoms with Crippen molar-refractivity contribution in [2.24, 2.45) is 0 Å². The average Bonchev–Trinajstić information content (AvgIpc) is 2.65. The van der Waals surface area contributed by atoms with Gasteiger partial charge in [-0.25, -0.2) is 0 Å². The van der Waals surface area contributed by atoms with Crippen LogP contribution in [0.1, 0.15) is 18.4 Å². The molecule has 0 saturated carbocycles. The number of likely N-dealkylation sites (N-methyl/N-ethyl adjacent to an activating group) is 1. The number of piperidine rings is 1. The van der Waals surface area contributed by atoms with Crippen molar-refractivity contribution < 1.29 is 32.5 Å². The second kappa shape index (κ2) is 8.90. The molecule has 1 aliphatic heterocycles. The molecule has 27 heavy (non-hydrogen) atoms. The summed E-state index contributed by atoms with van der Waals surface area (Å²) < 4.78 is 48.4. The zero-order valence-electron chi connectivity index (χ0n) is 15.4. The molecular weight excluding hydrogens is 365 g/mol. The molecule has 1 heterocycles. The van der Waals surface area contributed by atoms with E-state index in [1.54, 1.807) is 7.05 Å². The van der Waals surface area contributed by atoms with Crippen molar-refractivity contribution in [2.75, 3.05) is 40.4 Å². The third kappa shape index (κ3) is 5.57. The van der Waals surface area contributed by atoms with Crippen LogP contribution in [0.2, 0.25) is 0 Å². The lowest BCUT2D eigenvalue weighted by Crippen LogP contribution is -2.55. The van der Waals surface area contributed by atoms with Gasteiger partial charge in [0.2, 0.25) is 0 Å². The topological polar surface area (TPSA) is 71.0 Å². The fourth-order valence-electron chi connectivity index (χ4n) is 3.07. The van der Waals surface area contributed by atoms with Gasteiger partial charge in [-0.3, -0.25) is 4.79 Å². The number of hydrogen-bond donors (Lipinski definition) is 2. The smallest absolute Gasteiger partial charge is 0.416 e. The van der Waals surface area contributed by atoms with Gasteiger partial charge in [0.15, 0.2) is 0 Å². The van der Waals surface area contributed by atoms with Crippen molar-refractivity contribution in [1.29, 1.82) is 0 Å². The SMILES string of the molecule is COC1(C(=O)N(C)C[C@@H](O)COc2ccc(C(F)(F)F)cc2)CCNCC1. The van der Waals surface area contributed by atoms with Crippen LogP contribution in [0.3, 0.4) is 0 Å². The first kappa shape index (κ1) is 21.5. The Labute approximate surface area is 156 Å². The molecule has 2 rings (SSSR count). The molecule has 0 spiro atoms. The predicted octanol–water partition coefficient (Wildman–Crippen LogP) is 1.67. The van der Waals surface area contributed by atoms with Crippen molar-refractivity contribution in [3.8, 4) is 5.75 Å². The van der Waals surface area contributed by atoms with E-state index in [1.165, 1.54) is 24.1 Å². The van der Waals surface area contributed by atoms with E-state index in [4.69, 9.17) is 9.47 Å². The molecule has 0 bridgehead atoms. The number of nitrogens with zero attached hydrogens (tertiary/aromatic N) is 1. The molecule has 9 heteroatoms. The van der Waals surface area contributed by atoms with Gasteiger partial charge in [-0.2, -0.15) is 13.2 Å². The summed E-state index contributed by atoms with van der Waals surface area (Å²) >= 11 is 0. The van der Waals surface area contributed by atoms with Gasteiger partial charge >= 0.3 is 6.18 Å². The lowest BCUT2D eigenvalue weighted by molar-refractivity contribution is -0.158. The number of halogens is 3. The molecule has 1 aromatic carbocycles. The van der Waals surface area contributed by atoms with Crippen molar-refractivity contribution in [1.82, 2.24) is 10.2 Å². The number of benzene rings is 1. The quantitative estimate of drug-likeness (QED) is 0.741. The first-order valence-corrected chi connectivity index (χ1v) is 8.67. The normalized spacial score (nSPS) is 18.0. The highest BCUT2D eigenvalue weighted by atomic mass is 19.4. The van der Waals surface area contributed by atoms with Crippen LogP contribution < -0.4 is 10.1 Å². The van der Waals surface area contributed by atoms with Crippen LogP contribution >= 0.6 is 0 Å². The van der Waals surface area contributed by atoms with Crippen LogP contribution in [0, 0.1) is 0 Å².